The minimum absolute atomic E-state index is 0.0842. The van der Waals surface area contributed by atoms with E-state index in [4.69, 9.17) is 9.47 Å². The van der Waals surface area contributed by atoms with Gasteiger partial charge >= 0.3 is 0 Å². The van der Waals surface area contributed by atoms with E-state index in [1.54, 1.807) is 0 Å². The highest BCUT2D eigenvalue weighted by atomic mass is 16.6. The lowest BCUT2D eigenvalue weighted by molar-refractivity contribution is -0.160. The molecule has 98 valence electrons. The van der Waals surface area contributed by atoms with Crippen LogP contribution in [0.4, 0.5) is 0 Å². The van der Waals surface area contributed by atoms with E-state index in [1.807, 2.05) is 11.8 Å². The molecule has 2 rings (SSSR count). The Balaban J connectivity index is 1.93. The normalized spacial score (nSPS) is 29.9. The Kier molecular flexibility index (Phi) is 4.76. The first kappa shape index (κ1) is 12.8. The molecule has 5 nitrogen and oxygen atoms in total. The summed E-state index contributed by atoms with van der Waals surface area (Å²) in [5.74, 6) is 0.0842. The van der Waals surface area contributed by atoms with E-state index in [0.29, 0.717) is 25.9 Å². The summed E-state index contributed by atoms with van der Waals surface area (Å²) in [7, 11) is 0. The first-order chi connectivity index (χ1) is 8.33. The van der Waals surface area contributed by atoms with Gasteiger partial charge in [-0.1, -0.05) is 0 Å². The Labute approximate surface area is 102 Å². The van der Waals surface area contributed by atoms with E-state index in [0.717, 1.165) is 32.5 Å². The summed E-state index contributed by atoms with van der Waals surface area (Å²) in [4.78, 5) is 14.3. The number of hydrogen-bond acceptors (Lipinski definition) is 4. The topological polar surface area (TPSA) is 50.8 Å². The van der Waals surface area contributed by atoms with Crippen molar-refractivity contribution in [1.82, 2.24) is 10.2 Å². The molecule has 0 aromatic heterocycles. The minimum Gasteiger partial charge on any atom is -0.376 e. The summed E-state index contributed by atoms with van der Waals surface area (Å²) in [5, 5.41) is 3.34. The number of piperidine rings is 1. The van der Waals surface area contributed by atoms with Crippen LogP contribution >= 0.6 is 0 Å². The molecule has 0 aromatic rings. The quantitative estimate of drug-likeness (QED) is 0.757. The fourth-order valence-electron chi connectivity index (χ4n) is 2.51. The molecule has 1 N–H and O–H groups in total. The molecule has 0 saturated carbocycles. The maximum absolute atomic E-state index is 12.3. The highest BCUT2D eigenvalue weighted by molar-refractivity contribution is 5.81. The zero-order chi connectivity index (χ0) is 12.1. The van der Waals surface area contributed by atoms with Crippen LogP contribution in [0.1, 0.15) is 19.8 Å². The number of carbonyl (C=O) groups excluding carboxylic acids is 1. The van der Waals surface area contributed by atoms with Crippen molar-refractivity contribution in [3.05, 3.63) is 0 Å². The second-order valence-electron chi connectivity index (χ2n) is 4.56. The molecule has 0 bridgehead atoms. The van der Waals surface area contributed by atoms with Crippen LogP contribution < -0.4 is 5.32 Å². The van der Waals surface area contributed by atoms with Gasteiger partial charge in [-0.25, -0.2) is 0 Å². The summed E-state index contributed by atoms with van der Waals surface area (Å²) in [6.45, 7) is 6.24. The summed E-state index contributed by atoms with van der Waals surface area (Å²) >= 11 is 0. The number of nitrogens with one attached hydrogen (secondary N) is 1. The van der Waals surface area contributed by atoms with E-state index in [9.17, 15) is 4.79 Å². The number of carbonyl (C=O) groups is 1. The average molecular weight is 242 g/mol. The predicted octanol–water partition coefficient (Wildman–Crippen LogP) is 0.00230. The Morgan fingerprint density at radius 2 is 2.35 bits per heavy atom. The second kappa shape index (κ2) is 6.33. The van der Waals surface area contributed by atoms with Crippen LogP contribution in [-0.4, -0.2) is 62.4 Å². The molecule has 0 aliphatic carbocycles. The number of rotatable bonds is 3. The van der Waals surface area contributed by atoms with E-state index < -0.39 is 6.10 Å². The number of hydrogen-bond donors (Lipinski definition) is 1. The molecule has 2 aliphatic rings. The first-order valence-electron chi connectivity index (χ1n) is 6.53. The molecule has 1 amide bonds. The van der Waals surface area contributed by atoms with Crippen molar-refractivity contribution in [2.45, 2.75) is 31.9 Å². The van der Waals surface area contributed by atoms with Gasteiger partial charge in [0.25, 0.3) is 5.91 Å². The molecular formula is C12H22N2O3. The summed E-state index contributed by atoms with van der Waals surface area (Å²) in [5.41, 5.74) is 0. The van der Waals surface area contributed by atoms with E-state index in [1.165, 1.54) is 0 Å². The summed E-state index contributed by atoms with van der Waals surface area (Å²) < 4.78 is 10.8. The summed E-state index contributed by atoms with van der Waals surface area (Å²) in [6.07, 6.45) is 1.82. The van der Waals surface area contributed by atoms with Crippen LogP contribution in [0.15, 0.2) is 0 Å². The fraction of sp³-hybridized carbons (Fsp3) is 0.917. The van der Waals surface area contributed by atoms with Gasteiger partial charge in [-0.2, -0.15) is 0 Å². The molecular weight excluding hydrogens is 220 g/mol. The Bertz CT molecular complexity index is 248. The Hall–Kier alpha value is -0.650. The van der Waals surface area contributed by atoms with Crippen LogP contribution in [0.5, 0.6) is 0 Å². The largest absolute Gasteiger partial charge is 0.376 e. The first-order valence-corrected chi connectivity index (χ1v) is 6.53. The van der Waals surface area contributed by atoms with Crippen molar-refractivity contribution < 1.29 is 14.3 Å². The van der Waals surface area contributed by atoms with Crippen molar-refractivity contribution in [3.8, 4) is 0 Å². The van der Waals surface area contributed by atoms with E-state index in [2.05, 4.69) is 5.32 Å². The summed E-state index contributed by atoms with van der Waals surface area (Å²) in [6, 6.07) is 0.312. The molecule has 17 heavy (non-hydrogen) atoms. The molecule has 2 unspecified atom stereocenters. The molecule has 2 atom stereocenters. The van der Waals surface area contributed by atoms with Gasteiger partial charge in [-0.3, -0.25) is 4.79 Å². The van der Waals surface area contributed by atoms with Crippen molar-refractivity contribution in [2.75, 3.05) is 39.5 Å². The van der Waals surface area contributed by atoms with Crippen LogP contribution in [0.3, 0.4) is 0 Å². The Morgan fingerprint density at radius 3 is 2.94 bits per heavy atom. The zero-order valence-electron chi connectivity index (χ0n) is 10.5. The zero-order valence-corrected chi connectivity index (χ0v) is 10.5. The molecule has 2 fully saturated rings. The van der Waals surface area contributed by atoms with Crippen LogP contribution in [0.2, 0.25) is 0 Å². The van der Waals surface area contributed by atoms with Crippen molar-refractivity contribution >= 4 is 5.91 Å². The number of likely N-dealkylation sites (N-methyl/N-ethyl adjacent to an activating group) is 1. The average Bonchev–Trinajstić information content (AvgIpc) is 2.42. The van der Waals surface area contributed by atoms with Gasteiger partial charge in [-0.05, 0) is 26.3 Å². The predicted molar refractivity (Wildman–Crippen MR) is 63.8 cm³/mol. The molecule has 2 aliphatic heterocycles. The monoisotopic (exact) mass is 242 g/mol. The van der Waals surface area contributed by atoms with Crippen LogP contribution in [0.25, 0.3) is 0 Å². The highest BCUT2D eigenvalue weighted by Crippen LogP contribution is 2.14. The van der Waals surface area contributed by atoms with E-state index in [-0.39, 0.29) is 5.91 Å². The highest BCUT2D eigenvalue weighted by Gasteiger charge is 2.31. The molecule has 2 heterocycles. The third kappa shape index (κ3) is 3.18. The van der Waals surface area contributed by atoms with Gasteiger partial charge in [0, 0.05) is 19.1 Å². The maximum atomic E-state index is 12.3. The molecule has 2 saturated heterocycles. The van der Waals surface area contributed by atoms with Gasteiger partial charge in [0.1, 0.15) is 0 Å². The molecule has 0 radical (unpaired) electrons. The fourth-order valence-corrected chi connectivity index (χ4v) is 2.51. The van der Waals surface area contributed by atoms with Crippen LogP contribution in [0, 0.1) is 0 Å². The lowest BCUT2D eigenvalue weighted by Crippen LogP contribution is -2.53. The van der Waals surface area contributed by atoms with Gasteiger partial charge in [0.05, 0.1) is 19.8 Å². The maximum Gasteiger partial charge on any atom is 0.254 e. The second-order valence-corrected chi connectivity index (χ2v) is 4.56. The van der Waals surface area contributed by atoms with Gasteiger partial charge in [0.2, 0.25) is 0 Å². The number of amides is 1. The van der Waals surface area contributed by atoms with Crippen molar-refractivity contribution in [3.63, 3.8) is 0 Å². The lowest BCUT2D eigenvalue weighted by Gasteiger charge is -2.36. The lowest BCUT2D eigenvalue weighted by atomic mass is 10.1. The van der Waals surface area contributed by atoms with Crippen molar-refractivity contribution in [2.24, 2.45) is 0 Å². The van der Waals surface area contributed by atoms with E-state index >= 15 is 0 Å². The number of ether oxygens (including phenoxy) is 2. The van der Waals surface area contributed by atoms with Gasteiger partial charge < -0.3 is 19.7 Å². The SMILES string of the molecule is CCN(C(=O)C1COCCO1)C1CCCNC1. The standard InChI is InChI=1S/C12H22N2O3/c1-2-14(10-4-3-5-13-8-10)12(15)11-9-16-6-7-17-11/h10-11,13H,2-9H2,1H3. The third-order valence-electron chi connectivity index (χ3n) is 3.43. The Morgan fingerprint density at radius 1 is 1.47 bits per heavy atom. The molecule has 0 spiro atoms. The molecule has 0 aromatic carbocycles. The minimum atomic E-state index is -0.398. The molecule has 5 heteroatoms. The third-order valence-corrected chi connectivity index (χ3v) is 3.43. The number of nitrogens with zero attached hydrogens (tertiary/aromatic N) is 1. The van der Waals surface area contributed by atoms with Gasteiger partial charge in [0.15, 0.2) is 6.10 Å². The van der Waals surface area contributed by atoms with Gasteiger partial charge in [-0.15, -0.1) is 0 Å². The van der Waals surface area contributed by atoms with Crippen LogP contribution in [-0.2, 0) is 14.3 Å². The smallest absolute Gasteiger partial charge is 0.254 e. The van der Waals surface area contributed by atoms with Crippen molar-refractivity contribution in [1.29, 1.82) is 0 Å².